The second-order valence-electron chi connectivity index (χ2n) is 4.91. The number of hydrogen-bond donors (Lipinski definition) is 1. The molecule has 2 N–H and O–H groups in total. The molecule has 1 atom stereocenters. The Kier molecular flexibility index (Phi) is 5.16. The molecule has 0 aliphatic carbocycles. The molecule has 6 heteroatoms. The van der Waals surface area contributed by atoms with Crippen LogP contribution >= 0.6 is 0 Å². The number of nitrogens with two attached hydrogens (primary N) is 1. The van der Waals surface area contributed by atoms with Gasteiger partial charge in [-0.2, -0.15) is 5.10 Å². The standard InChI is InChI=1S/C15H22N4O2/c1-4-12(16)8-11-6-5-7-13(20-3)15(11)21-9-14-17-10-18-19(14)2/h5-7,10,12H,4,8-9,16H2,1-3H3. The summed E-state index contributed by atoms with van der Waals surface area (Å²) in [6, 6.07) is 5.96. The van der Waals surface area contributed by atoms with E-state index in [2.05, 4.69) is 17.0 Å². The lowest BCUT2D eigenvalue weighted by molar-refractivity contribution is 0.268. The zero-order valence-corrected chi connectivity index (χ0v) is 12.7. The van der Waals surface area contributed by atoms with Crippen LogP contribution < -0.4 is 15.2 Å². The summed E-state index contributed by atoms with van der Waals surface area (Å²) >= 11 is 0. The Bertz CT molecular complexity index is 583. The van der Waals surface area contributed by atoms with E-state index in [1.807, 2.05) is 25.2 Å². The van der Waals surface area contributed by atoms with Crippen molar-refractivity contribution >= 4 is 0 Å². The van der Waals surface area contributed by atoms with Gasteiger partial charge >= 0.3 is 0 Å². The van der Waals surface area contributed by atoms with Crippen LogP contribution in [0.5, 0.6) is 11.5 Å². The van der Waals surface area contributed by atoms with E-state index in [1.54, 1.807) is 11.8 Å². The smallest absolute Gasteiger partial charge is 0.165 e. The Labute approximate surface area is 124 Å². The SMILES string of the molecule is CCC(N)Cc1cccc(OC)c1OCc1ncnn1C. The lowest BCUT2D eigenvalue weighted by atomic mass is 10.0. The first kappa shape index (κ1) is 15.3. The van der Waals surface area contributed by atoms with Gasteiger partial charge in [-0.05, 0) is 24.5 Å². The summed E-state index contributed by atoms with van der Waals surface area (Å²) in [6.07, 6.45) is 3.18. The molecule has 1 aromatic heterocycles. The molecule has 114 valence electrons. The highest BCUT2D eigenvalue weighted by Crippen LogP contribution is 2.32. The van der Waals surface area contributed by atoms with E-state index in [9.17, 15) is 0 Å². The zero-order chi connectivity index (χ0) is 15.2. The van der Waals surface area contributed by atoms with Crippen LogP contribution in [0.4, 0.5) is 0 Å². The third kappa shape index (κ3) is 3.72. The number of aromatic nitrogens is 3. The van der Waals surface area contributed by atoms with Gasteiger partial charge < -0.3 is 15.2 Å². The van der Waals surface area contributed by atoms with Gasteiger partial charge in [0.05, 0.1) is 7.11 Å². The predicted octanol–water partition coefficient (Wildman–Crippen LogP) is 1.68. The van der Waals surface area contributed by atoms with E-state index in [4.69, 9.17) is 15.2 Å². The van der Waals surface area contributed by atoms with Crippen LogP contribution in [0.25, 0.3) is 0 Å². The van der Waals surface area contributed by atoms with Crippen molar-refractivity contribution in [2.75, 3.05) is 7.11 Å². The van der Waals surface area contributed by atoms with E-state index in [-0.39, 0.29) is 6.04 Å². The van der Waals surface area contributed by atoms with Crippen LogP contribution in [0.15, 0.2) is 24.5 Å². The number of methoxy groups -OCH3 is 1. The quantitative estimate of drug-likeness (QED) is 0.839. The fourth-order valence-electron chi connectivity index (χ4n) is 2.06. The Morgan fingerprint density at radius 3 is 2.81 bits per heavy atom. The maximum atomic E-state index is 6.06. The maximum Gasteiger partial charge on any atom is 0.165 e. The molecule has 0 saturated carbocycles. The number of aryl methyl sites for hydroxylation is 1. The normalized spacial score (nSPS) is 12.2. The molecular formula is C15H22N4O2. The lowest BCUT2D eigenvalue weighted by Crippen LogP contribution is -2.22. The van der Waals surface area contributed by atoms with Crippen LogP contribution in [-0.4, -0.2) is 27.9 Å². The first-order valence-electron chi connectivity index (χ1n) is 7.02. The van der Waals surface area contributed by atoms with Crippen molar-refractivity contribution in [3.8, 4) is 11.5 Å². The van der Waals surface area contributed by atoms with E-state index < -0.39 is 0 Å². The number of para-hydroxylation sites is 1. The fourth-order valence-corrected chi connectivity index (χ4v) is 2.06. The molecule has 0 spiro atoms. The van der Waals surface area contributed by atoms with Crippen LogP contribution in [0.1, 0.15) is 24.7 Å². The minimum absolute atomic E-state index is 0.106. The van der Waals surface area contributed by atoms with Gasteiger partial charge in [0, 0.05) is 13.1 Å². The van der Waals surface area contributed by atoms with Gasteiger partial charge in [-0.1, -0.05) is 19.1 Å². The largest absolute Gasteiger partial charge is 0.493 e. The van der Waals surface area contributed by atoms with Gasteiger partial charge in [-0.15, -0.1) is 0 Å². The fraction of sp³-hybridized carbons (Fsp3) is 0.467. The first-order chi connectivity index (χ1) is 10.2. The van der Waals surface area contributed by atoms with Crippen LogP contribution in [0.3, 0.4) is 0 Å². The monoisotopic (exact) mass is 290 g/mol. The average molecular weight is 290 g/mol. The average Bonchev–Trinajstić information content (AvgIpc) is 2.90. The molecule has 0 aliphatic heterocycles. The summed E-state index contributed by atoms with van der Waals surface area (Å²) in [6.45, 7) is 2.41. The van der Waals surface area contributed by atoms with Crippen LogP contribution in [0.2, 0.25) is 0 Å². The molecule has 21 heavy (non-hydrogen) atoms. The van der Waals surface area contributed by atoms with Crippen molar-refractivity contribution in [2.24, 2.45) is 12.8 Å². The Morgan fingerprint density at radius 2 is 2.19 bits per heavy atom. The predicted molar refractivity (Wildman–Crippen MR) is 80.3 cm³/mol. The van der Waals surface area contributed by atoms with Gasteiger partial charge in [0.2, 0.25) is 0 Å². The molecule has 1 heterocycles. The van der Waals surface area contributed by atoms with Crippen molar-refractivity contribution in [2.45, 2.75) is 32.4 Å². The van der Waals surface area contributed by atoms with Crippen molar-refractivity contribution in [1.82, 2.24) is 14.8 Å². The molecule has 2 rings (SSSR count). The number of nitrogens with zero attached hydrogens (tertiary/aromatic N) is 3. The van der Waals surface area contributed by atoms with Crippen LogP contribution in [0, 0.1) is 0 Å². The first-order valence-corrected chi connectivity index (χ1v) is 7.02. The van der Waals surface area contributed by atoms with Gasteiger partial charge in [-0.25, -0.2) is 4.98 Å². The van der Waals surface area contributed by atoms with E-state index in [1.165, 1.54) is 6.33 Å². The summed E-state index contributed by atoms with van der Waals surface area (Å²) in [5.74, 6) is 2.19. The van der Waals surface area contributed by atoms with Gasteiger partial charge in [0.25, 0.3) is 0 Å². The number of ether oxygens (including phenoxy) is 2. The molecule has 0 amide bonds. The van der Waals surface area contributed by atoms with Crippen LogP contribution in [-0.2, 0) is 20.1 Å². The van der Waals surface area contributed by atoms with Crippen molar-refractivity contribution in [1.29, 1.82) is 0 Å². The summed E-state index contributed by atoms with van der Waals surface area (Å²) in [5, 5.41) is 4.03. The highest BCUT2D eigenvalue weighted by Gasteiger charge is 2.14. The summed E-state index contributed by atoms with van der Waals surface area (Å²) in [4.78, 5) is 4.15. The number of benzene rings is 1. The topological polar surface area (TPSA) is 75.2 Å². The second kappa shape index (κ2) is 7.08. The van der Waals surface area contributed by atoms with Crippen molar-refractivity contribution < 1.29 is 9.47 Å². The zero-order valence-electron chi connectivity index (χ0n) is 12.7. The van der Waals surface area contributed by atoms with Crippen molar-refractivity contribution in [3.63, 3.8) is 0 Å². The molecule has 0 bridgehead atoms. The van der Waals surface area contributed by atoms with Gasteiger partial charge in [0.1, 0.15) is 12.9 Å². The van der Waals surface area contributed by atoms with E-state index >= 15 is 0 Å². The molecule has 0 saturated heterocycles. The van der Waals surface area contributed by atoms with E-state index in [0.717, 1.165) is 30.0 Å². The third-order valence-electron chi connectivity index (χ3n) is 3.44. The molecular weight excluding hydrogens is 268 g/mol. The molecule has 1 aromatic carbocycles. The molecule has 0 radical (unpaired) electrons. The minimum atomic E-state index is 0.106. The number of hydrogen-bond acceptors (Lipinski definition) is 5. The Hall–Kier alpha value is -2.08. The molecule has 0 fully saturated rings. The molecule has 2 aromatic rings. The maximum absolute atomic E-state index is 6.06. The van der Waals surface area contributed by atoms with Gasteiger partial charge in [-0.3, -0.25) is 4.68 Å². The Balaban J connectivity index is 2.20. The highest BCUT2D eigenvalue weighted by molar-refractivity contribution is 5.47. The summed E-state index contributed by atoms with van der Waals surface area (Å²) in [7, 11) is 3.47. The minimum Gasteiger partial charge on any atom is -0.493 e. The third-order valence-corrected chi connectivity index (χ3v) is 3.44. The molecule has 0 aliphatic rings. The summed E-state index contributed by atoms with van der Waals surface area (Å²) in [5.41, 5.74) is 7.10. The molecule has 6 nitrogen and oxygen atoms in total. The highest BCUT2D eigenvalue weighted by atomic mass is 16.5. The van der Waals surface area contributed by atoms with Crippen molar-refractivity contribution in [3.05, 3.63) is 35.9 Å². The summed E-state index contributed by atoms with van der Waals surface area (Å²) < 4.78 is 13.0. The van der Waals surface area contributed by atoms with Gasteiger partial charge in [0.15, 0.2) is 17.3 Å². The molecule has 1 unspecified atom stereocenters. The second-order valence-corrected chi connectivity index (χ2v) is 4.91. The lowest BCUT2D eigenvalue weighted by Gasteiger charge is -2.17. The van der Waals surface area contributed by atoms with E-state index in [0.29, 0.717) is 12.4 Å². The number of rotatable bonds is 7. The Morgan fingerprint density at radius 1 is 1.38 bits per heavy atom.